The molecule has 0 radical (unpaired) electrons. The van der Waals surface area contributed by atoms with Crippen molar-refractivity contribution in [3.8, 4) is 0 Å². The van der Waals surface area contributed by atoms with Crippen molar-refractivity contribution in [2.24, 2.45) is 0 Å². The van der Waals surface area contributed by atoms with Gasteiger partial charge in [-0.15, -0.1) is 0 Å². The molecule has 0 atom stereocenters. The van der Waals surface area contributed by atoms with Gasteiger partial charge in [0, 0.05) is 7.11 Å². The Balaban J connectivity index is 2.74. The summed E-state index contributed by atoms with van der Waals surface area (Å²) in [5.74, 6) is 0. The molecule has 0 unspecified atom stereocenters. The molecule has 58 valence electrons. The van der Waals surface area contributed by atoms with Gasteiger partial charge in [-0.05, 0) is 11.1 Å². The molecule has 0 heterocycles. The third kappa shape index (κ3) is 2.20. The van der Waals surface area contributed by atoms with Crippen molar-refractivity contribution >= 4 is 6.08 Å². The summed E-state index contributed by atoms with van der Waals surface area (Å²) in [4.78, 5) is 0. The number of rotatable bonds is 3. The van der Waals surface area contributed by atoms with E-state index in [1.54, 1.807) is 7.11 Å². The number of ether oxygens (including phenoxy) is 1. The lowest BCUT2D eigenvalue weighted by atomic mass is 10.1. The maximum absolute atomic E-state index is 4.98. The van der Waals surface area contributed by atoms with E-state index in [1.165, 1.54) is 5.56 Å². The van der Waals surface area contributed by atoms with Crippen molar-refractivity contribution < 1.29 is 4.74 Å². The molecule has 0 saturated carbocycles. The van der Waals surface area contributed by atoms with E-state index < -0.39 is 0 Å². The van der Waals surface area contributed by atoms with E-state index in [1.807, 2.05) is 30.3 Å². The van der Waals surface area contributed by atoms with Crippen LogP contribution >= 0.6 is 0 Å². The van der Waals surface area contributed by atoms with Gasteiger partial charge in [-0.2, -0.15) is 0 Å². The van der Waals surface area contributed by atoms with Gasteiger partial charge in [-0.3, -0.25) is 0 Å². The number of hydrogen-bond acceptors (Lipinski definition) is 1. The minimum absolute atomic E-state index is 0.678. The van der Waals surface area contributed by atoms with Crippen LogP contribution in [0, 0.1) is 0 Å². The molecule has 1 heteroatoms. The van der Waals surface area contributed by atoms with Gasteiger partial charge in [0.25, 0.3) is 0 Å². The van der Waals surface area contributed by atoms with Gasteiger partial charge in [0.15, 0.2) is 0 Å². The average Bonchev–Trinajstić information content (AvgIpc) is 2.07. The molecular weight excluding hydrogens is 136 g/mol. The molecular formula is C10H12O. The Labute approximate surface area is 67.3 Å². The van der Waals surface area contributed by atoms with Crippen molar-refractivity contribution in [1.29, 1.82) is 0 Å². The Morgan fingerprint density at radius 2 is 2.00 bits per heavy atom. The van der Waals surface area contributed by atoms with Gasteiger partial charge < -0.3 is 4.74 Å². The first-order valence-electron chi connectivity index (χ1n) is 3.57. The van der Waals surface area contributed by atoms with Crippen LogP contribution in [0.1, 0.15) is 11.1 Å². The molecule has 0 amide bonds. The number of hydrogen-bond donors (Lipinski definition) is 0. The highest BCUT2D eigenvalue weighted by molar-refractivity contribution is 5.47. The van der Waals surface area contributed by atoms with E-state index in [0.717, 1.165) is 5.56 Å². The molecule has 0 aliphatic rings. The monoisotopic (exact) mass is 148 g/mol. The predicted octanol–water partition coefficient (Wildman–Crippen LogP) is 2.48. The SMILES string of the molecule is C=Cc1ccc(COC)cc1. The summed E-state index contributed by atoms with van der Waals surface area (Å²) in [6.07, 6.45) is 1.83. The summed E-state index contributed by atoms with van der Waals surface area (Å²) < 4.78 is 4.98. The Hall–Kier alpha value is -1.08. The van der Waals surface area contributed by atoms with E-state index >= 15 is 0 Å². The van der Waals surface area contributed by atoms with Crippen molar-refractivity contribution in [3.63, 3.8) is 0 Å². The quantitative estimate of drug-likeness (QED) is 0.639. The van der Waals surface area contributed by atoms with Crippen LogP contribution in [0.2, 0.25) is 0 Å². The Bertz CT molecular complexity index is 223. The number of methoxy groups -OCH3 is 1. The van der Waals surface area contributed by atoms with Gasteiger partial charge in [0.2, 0.25) is 0 Å². The van der Waals surface area contributed by atoms with Gasteiger partial charge >= 0.3 is 0 Å². The summed E-state index contributed by atoms with van der Waals surface area (Å²) in [5.41, 5.74) is 2.34. The second-order valence-electron chi connectivity index (χ2n) is 2.38. The van der Waals surface area contributed by atoms with E-state index in [0.29, 0.717) is 6.61 Å². The topological polar surface area (TPSA) is 9.23 Å². The summed E-state index contributed by atoms with van der Waals surface area (Å²) in [7, 11) is 1.70. The molecule has 11 heavy (non-hydrogen) atoms. The summed E-state index contributed by atoms with van der Waals surface area (Å²) in [6.45, 7) is 4.35. The fourth-order valence-electron chi connectivity index (χ4n) is 0.917. The molecule has 1 aromatic rings. The van der Waals surface area contributed by atoms with Crippen LogP contribution < -0.4 is 0 Å². The molecule has 1 aromatic carbocycles. The average molecular weight is 148 g/mol. The van der Waals surface area contributed by atoms with E-state index in [2.05, 4.69) is 6.58 Å². The van der Waals surface area contributed by atoms with Crippen LogP contribution in [0.4, 0.5) is 0 Å². The van der Waals surface area contributed by atoms with Gasteiger partial charge in [0.05, 0.1) is 6.61 Å². The molecule has 0 aliphatic heterocycles. The summed E-state index contributed by atoms with van der Waals surface area (Å²) in [6, 6.07) is 8.14. The van der Waals surface area contributed by atoms with Crippen LogP contribution in [0.5, 0.6) is 0 Å². The van der Waals surface area contributed by atoms with E-state index in [9.17, 15) is 0 Å². The molecule has 0 fully saturated rings. The van der Waals surface area contributed by atoms with Crippen molar-refractivity contribution in [2.75, 3.05) is 7.11 Å². The van der Waals surface area contributed by atoms with Crippen molar-refractivity contribution in [2.45, 2.75) is 6.61 Å². The normalized spacial score (nSPS) is 9.55. The zero-order valence-corrected chi connectivity index (χ0v) is 6.71. The molecule has 0 aromatic heterocycles. The molecule has 0 bridgehead atoms. The highest BCUT2D eigenvalue weighted by atomic mass is 16.5. The highest BCUT2D eigenvalue weighted by Gasteiger charge is 1.89. The first-order chi connectivity index (χ1) is 5.36. The standard InChI is InChI=1S/C10H12O/c1-3-9-4-6-10(7-5-9)8-11-2/h3-7H,1,8H2,2H3. The molecule has 1 nitrogen and oxygen atoms in total. The van der Waals surface area contributed by atoms with Crippen LogP contribution in [-0.2, 0) is 11.3 Å². The Kier molecular flexibility index (Phi) is 2.87. The smallest absolute Gasteiger partial charge is 0.0713 e. The van der Waals surface area contributed by atoms with Gasteiger partial charge in [-0.25, -0.2) is 0 Å². The molecule has 0 spiro atoms. The third-order valence-corrected chi connectivity index (χ3v) is 1.53. The third-order valence-electron chi connectivity index (χ3n) is 1.53. The minimum atomic E-state index is 0.678. The lowest BCUT2D eigenvalue weighted by molar-refractivity contribution is 0.185. The van der Waals surface area contributed by atoms with Crippen LogP contribution in [-0.4, -0.2) is 7.11 Å². The van der Waals surface area contributed by atoms with E-state index in [4.69, 9.17) is 4.74 Å². The summed E-state index contributed by atoms with van der Waals surface area (Å²) in [5, 5.41) is 0. The molecule has 0 saturated heterocycles. The Morgan fingerprint density at radius 1 is 1.36 bits per heavy atom. The zero-order valence-electron chi connectivity index (χ0n) is 6.71. The molecule has 1 rings (SSSR count). The zero-order chi connectivity index (χ0) is 8.10. The van der Waals surface area contributed by atoms with Crippen LogP contribution in [0.15, 0.2) is 30.8 Å². The largest absolute Gasteiger partial charge is 0.380 e. The van der Waals surface area contributed by atoms with Crippen LogP contribution in [0.25, 0.3) is 6.08 Å². The number of benzene rings is 1. The van der Waals surface area contributed by atoms with E-state index in [-0.39, 0.29) is 0 Å². The van der Waals surface area contributed by atoms with Crippen LogP contribution in [0.3, 0.4) is 0 Å². The first-order valence-corrected chi connectivity index (χ1v) is 3.57. The second-order valence-corrected chi connectivity index (χ2v) is 2.38. The van der Waals surface area contributed by atoms with Gasteiger partial charge in [0.1, 0.15) is 0 Å². The van der Waals surface area contributed by atoms with Crippen molar-refractivity contribution in [3.05, 3.63) is 42.0 Å². The highest BCUT2D eigenvalue weighted by Crippen LogP contribution is 2.05. The predicted molar refractivity (Wildman–Crippen MR) is 47.2 cm³/mol. The first kappa shape index (κ1) is 8.02. The second kappa shape index (κ2) is 3.94. The Morgan fingerprint density at radius 3 is 2.45 bits per heavy atom. The summed E-state index contributed by atoms with van der Waals surface area (Å²) >= 11 is 0. The fraction of sp³-hybridized carbons (Fsp3) is 0.200. The fourth-order valence-corrected chi connectivity index (χ4v) is 0.917. The maximum Gasteiger partial charge on any atom is 0.0713 e. The van der Waals surface area contributed by atoms with Gasteiger partial charge in [-0.1, -0.05) is 36.9 Å². The lowest BCUT2D eigenvalue weighted by Crippen LogP contribution is -1.85. The molecule has 0 aliphatic carbocycles. The lowest BCUT2D eigenvalue weighted by Gasteiger charge is -1.98. The van der Waals surface area contributed by atoms with Crippen molar-refractivity contribution in [1.82, 2.24) is 0 Å². The molecule has 0 N–H and O–H groups in total. The minimum Gasteiger partial charge on any atom is -0.380 e. The maximum atomic E-state index is 4.98.